The van der Waals surface area contributed by atoms with E-state index >= 15 is 0 Å². The number of hydrogen-bond acceptors (Lipinski definition) is 5. The van der Waals surface area contributed by atoms with Crippen LogP contribution in [0.25, 0.3) is 0 Å². The quantitative estimate of drug-likeness (QED) is 0.487. The Morgan fingerprint density at radius 3 is 2.52 bits per heavy atom. The van der Waals surface area contributed by atoms with Gasteiger partial charge in [-0.25, -0.2) is 0 Å². The molecule has 1 aromatic heterocycles. The lowest BCUT2D eigenvalue weighted by atomic mass is 10.2. The third-order valence-electron chi connectivity index (χ3n) is 4.58. The Kier molecular flexibility index (Phi) is 7.70. The Morgan fingerprint density at radius 1 is 1.13 bits per heavy atom. The fourth-order valence-corrected chi connectivity index (χ4v) is 4.00. The van der Waals surface area contributed by atoms with Gasteiger partial charge >= 0.3 is 0 Å². The molecule has 1 heterocycles. The van der Waals surface area contributed by atoms with Crippen LogP contribution < -0.4 is 10.6 Å². The summed E-state index contributed by atoms with van der Waals surface area (Å²) in [4.78, 5) is 24.8. The van der Waals surface area contributed by atoms with E-state index in [4.69, 9.17) is 11.6 Å². The highest BCUT2D eigenvalue weighted by Crippen LogP contribution is 2.22. The molecular weight excluding hydrogens is 434 g/mol. The predicted octanol–water partition coefficient (Wildman–Crippen LogP) is 4.48. The largest absolute Gasteiger partial charge is 0.342 e. The van der Waals surface area contributed by atoms with Gasteiger partial charge in [0.05, 0.1) is 22.4 Å². The van der Waals surface area contributed by atoms with Crippen LogP contribution in [0.4, 0.5) is 5.69 Å². The van der Waals surface area contributed by atoms with Gasteiger partial charge in [0.1, 0.15) is 0 Å². The first-order valence-electron chi connectivity index (χ1n) is 9.86. The average molecular weight is 458 g/mol. The van der Waals surface area contributed by atoms with E-state index in [0.29, 0.717) is 28.1 Å². The molecule has 2 amide bonds. The molecule has 1 atom stereocenters. The minimum absolute atomic E-state index is 0.124. The standard InChI is InChI=1S/C22H24ClN5O2S/c1-4-28-20(15(3)24-21(30)17-7-5-6-8-18(17)23)26-27-22(28)31-13-19(29)25-16-11-9-14(2)10-12-16/h5-12,15H,4,13H2,1-3H3,(H,24,30)(H,25,29)/t15-/m1/s1. The molecule has 3 rings (SSSR count). The molecule has 0 fully saturated rings. The average Bonchev–Trinajstić information content (AvgIpc) is 3.17. The molecule has 0 aliphatic carbocycles. The Hall–Kier alpha value is -2.84. The molecule has 0 aliphatic rings. The van der Waals surface area contributed by atoms with Gasteiger partial charge in [0, 0.05) is 12.2 Å². The van der Waals surface area contributed by atoms with Crippen molar-refractivity contribution in [1.82, 2.24) is 20.1 Å². The van der Waals surface area contributed by atoms with Crippen molar-refractivity contribution in [3.05, 3.63) is 70.5 Å². The fraction of sp³-hybridized carbons (Fsp3) is 0.273. The van der Waals surface area contributed by atoms with Crippen molar-refractivity contribution in [1.29, 1.82) is 0 Å². The molecule has 162 valence electrons. The molecule has 0 saturated heterocycles. The Morgan fingerprint density at radius 2 is 1.84 bits per heavy atom. The topological polar surface area (TPSA) is 88.9 Å². The maximum absolute atomic E-state index is 12.6. The van der Waals surface area contributed by atoms with Crippen molar-refractivity contribution in [2.45, 2.75) is 38.5 Å². The third kappa shape index (κ3) is 5.86. The van der Waals surface area contributed by atoms with Gasteiger partial charge in [-0.2, -0.15) is 0 Å². The van der Waals surface area contributed by atoms with E-state index in [2.05, 4.69) is 20.8 Å². The first-order valence-corrected chi connectivity index (χ1v) is 11.2. The molecule has 9 heteroatoms. The van der Waals surface area contributed by atoms with Crippen molar-refractivity contribution in [3.8, 4) is 0 Å². The lowest BCUT2D eigenvalue weighted by Crippen LogP contribution is -2.29. The minimum Gasteiger partial charge on any atom is -0.342 e. The number of hydrogen-bond donors (Lipinski definition) is 2. The third-order valence-corrected chi connectivity index (χ3v) is 5.88. The molecule has 2 N–H and O–H groups in total. The lowest BCUT2D eigenvalue weighted by Gasteiger charge is -2.15. The SMILES string of the molecule is CCn1c(SCC(=O)Nc2ccc(C)cc2)nnc1[C@@H](C)NC(=O)c1ccccc1Cl. The number of aryl methyl sites for hydroxylation is 1. The number of rotatable bonds is 8. The number of halogens is 1. The van der Waals surface area contributed by atoms with Crippen LogP contribution in [0.2, 0.25) is 5.02 Å². The van der Waals surface area contributed by atoms with Gasteiger partial charge in [-0.1, -0.05) is 53.2 Å². The predicted molar refractivity (Wildman–Crippen MR) is 124 cm³/mol. The first-order chi connectivity index (χ1) is 14.9. The van der Waals surface area contributed by atoms with Crippen molar-refractivity contribution in [3.63, 3.8) is 0 Å². The van der Waals surface area contributed by atoms with Crippen LogP contribution in [0, 0.1) is 6.92 Å². The lowest BCUT2D eigenvalue weighted by molar-refractivity contribution is -0.113. The van der Waals surface area contributed by atoms with Crippen molar-refractivity contribution in [2.75, 3.05) is 11.1 Å². The van der Waals surface area contributed by atoms with Crippen LogP contribution in [-0.2, 0) is 11.3 Å². The summed E-state index contributed by atoms with van der Waals surface area (Å²) in [5, 5.41) is 15.2. The van der Waals surface area contributed by atoms with Crippen LogP contribution in [0.5, 0.6) is 0 Å². The van der Waals surface area contributed by atoms with E-state index in [0.717, 1.165) is 11.3 Å². The van der Waals surface area contributed by atoms with Crippen LogP contribution >= 0.6 is 23.4 Å². The number of nitrogens with zero attached hydrogens (tertiary/aromatic N) is 3. The molecule has 0 saturated carbocycles. The van der Waals surface area contributed by atoms with E-state index in [9.17, 15) is 9.59 Å². The number of anilines is 1. The number of thioether (sulfide) groups is 1. The molecular formula is C22H24ClN5O2S. The second-order valence-electron chi connectivity index (χ2n) is 6.96. The van der Waals surface area contributed by atoms with Crippen molar-refractivity contribution < 1.29 is 9.59 Å². The summed E-state index contributed by atoms with van der Waals surface area (Å²) in [6.07, 6.45) is 0. The number of aromatic nitrogens is 3. The second kappa shape index (κ2) is 10.5. The summed E-state index contributed by atoms with van der Waals surface area (Å²) >= 11 is 7.41. The number of carbonyl (C=O) groups excluding carboxylic acids is 2. The van der Waals surface area contributed by atoms with Crippen molar-refractivity contribution in [2.24, 2.45) is 0 Å². The van der Waals surface area contributed by atoms with Gasteiger partial charge in [0.25, 0.3) is 5.91 Å². The molecule has 2 aromatic carbocycles. The van der Waals surface area contributed by atoms with Gasteiger partial charge in [-0.05, 0) is 45.0 Å². The van der Waals surface area contributed by atoms with Crippen LogP contribution in [0.15, 0.2) is 53.7 Å². The smallest absolute Gasteiger partial charge is 0.253 e. The molecule has 3 aromatic rings. The summed E-state index contributed by atoms with van der Waals surface area (Å²) in [6, 6.07) is 14.1. The van der Waals surface area contributed by atoms with Crippen molar-refractivity contribution >= 4 is 40.9 Å². The maximum atomic E-state index is 12.6. The molecule has 7 nitrogen and oxygen atoms in total. The monoisotopic (exact) mass is 457 g/mol. The summed E-state index contributed by atoms with van der Waals surface area (Å²) in [5.41, 5.74) is 2.29. The zero-order valence-electron chi connectivity index (χ0n) is 17.6. The molecule has 0 spiro atoms. The molecule has 0 aliphatic heterocycles. The zero-order chi connectivity index (χ0) is 22.4. The summed E-state index contributed by atoms with van der Waals surface area (Å²) in [6.45, 7) is 6.40. The van der Waals surface area contributed by atoms with Gasteiger partial charge in [-0.15, -0.1) is 10.2 Å². The van der Waals surface area contributed by atoms with Crippen LogP contribution in [-0.4, -0.2) is 32.3 Å². The van der Waals surface area contributed by atoms with Gasteiger partial charge < -0.3 is 15.2 Å². The Labute approximate surface area is 190 Å². The Balaban J connectivity index is 1.63. The number of benzene rings is 2. The molecule has 0 bridgehead atoms. The number of nitrogens with one attached hydrogen (secondary N) is 2. The molecule has 0 unspecified atom stereocenters. The summed E-state index contributed by atoms with van der Waals surface area (Å²) in [5.74, 6) is 0.410. The van der Waals surface area contributed by atoms with Gasteiger partial charge in [0.2, 0.25) is 5.91 Å². The Bertz CT molecular complexity index is 1070. The molecule has 0 radical (unpaired) electrons. The van der Waals surface area contributed by atoms with E-state index in [1.807, 2.05) is 49.6 Å². The zero-order valence-corrected chi connectivity index (χ0v) is 19.1. The van der Waals surface area contributed by atoms with Crippen LogP contribution in [0.1, 0.15) is 41.6 Å². The number of amides is 2. The highest BCUT2D eigenvalue weighted by molar-refractivity contribution is 7.99. The number of carbonyl (C=O) groups is 2. The second-order valence-corrected chi connectivity index (χ2v) is 8.31. The van der Waals surface area contributed by atoms with E-state index in [1.54, 1.807) is 24.3 Å². The highest BCUT2D eigenvalue weighted by Gasteiger charge is 2.21. The normalized spacial score (nSPS) is 11.7. The fourth-order valence-electron chi connectivity index (χ4n) is 2.97. The molecule has 31 heavy (non-hydrogen) atoms. The van der Waals surface area contributed by atoms with E-state index in [1.165, 1.54) is 11.8 Å². The maximum Gasteiger partial charge on any atom is 0.253 e. The summed E-state index contributed by atoms with van der Waals surface area (Å²) < 4.78 is 1.89. The minimum atomic E-state index is -0.382. The van der Waals surface area contributed by atoms with E-state index < -0.39 is 0 Å². The van der Waals surface area contributed by atoms with E-state index in [-0.39, 0.29) is 23.6 Å². The van der Waals surface area contributed by atoms with Gasteiger partial charge in [-0.3, -0.25) is 9.59 Å². The first kappa shape index (κ1) is 22.8. The van der Waals surface area contributed by atoms with Crippen LogP contribution in [0.3, 0.4) is 0 Å². The van der Waals surface area contributed by atoms with Gasteiger partial charge in [0.15, 0.2) is 11.0 Å². The highest BCUT2D eigenvalue weighted by atomic mass is 35.5. The summed E-state index contributed by atoms with van der Waals surface area (Å²) in [7, 11) is 0.